The number of aliphatic imine (C=N–C) groups is 1. The highest BCUT2D eigenvalue weighted by Crippen LogP contribution is 2.34. The molecule has 166 valence electrons. The number of nitro benzene ring substituents is 1. The van der Waals surface area contributed by atoms with Crippen LogP contribution in [0.15, 0.2) is 70.6 Å². The number of amidine groups is 1. The Morgan fingerprint density at radius 1 is 1.00 bits per heavy atom. The molecule has 5 rings (SSSR count). The van der Waals surface area contributed by atoms with Crippen LogP contribution in [0, 0.1) is 10.1 Å². The molecule has 0 radical (unpaired) electrons. The Kier molecular flexibility index (Phi) is 5.47. The molecule has 0 atom stereocenters. The fraction of sp³-hybridized carbons (Fsp3) is 0.167. The standard InChI is InChI=1S/C24H20N4O4S/c29-21-9-8-16(14-20(21)28(31)32)15-22-23(30)25-24(33-22)27-12-10-26(11-13-27)19-7-3-5-17-4-1-2-6-18(17)19/h1-9,14-15,29H,10-13H2. The van der Waals surface area contributed by atoms with Gasteiger partial charge in [-0.05, 0) is 40.9 Å². The molecule has 3 aromatic carbocycles. The number of hydrogen-bond donors (Lipinski definition) is 1. The van der Waals surface area contributed by atoms with Crippen molar-refractivity contribution in [2.75, 3.05) is 31.1 Å². The Balaban J connectivity index is 1.28. The molecule has 0 spiro atoms. The molecule has 2 aliphatic rings. The maximum absolute atomic E-state index is 12.5. The Bertz CT molecular complexity index is 1320. The summed E-state index contributed by atoms with van der Waals surface area (Å²) in [5.41, 5.74) is 1.28. The van der Waals surface area contributed by atoms with Crippen LogP contribution >= 0.6 is 11.8 Å². The number of thioether (sulfide) groups is 1. The van der Waals surface area contributed by atoms with Crippen LogP contribution in [0.1, 0.15) is 5.56 Å². The predicted octanol–water partition coefficient (Wildman–Crippen LogP) is 4.25. The number of benzene rings is 3. The van der Waals surface area contributed by atoms with Gasteiger partial charge in [0, 0.05) is 43.3 Å². The van der Waals surface area contributed by atoms with Crippen molar-refractivity contribution in [2.24, 2.45) is 4.99 Å². The highest BCUT2D eigenvalue weighted by Gasteiger charge is 2.29. The van der Waals surface area contributed by atoms with E-state index in [9.17, 15) is 20.0 Å². The van der Waals surface area contributed by atoms with Gasteiger partial charge in [0.25, 0.3) is 5.91 Å². The van der Waals surface area contributed by atoms with Gasteiger partial charge in [-0.1, -0.05) is 42.5 Å². The lowest BCUT2D eigenvalue weighted by Crippen LogP contribution is -2.47. The van der Waals surface area contributed by atoms with Crippen molar-refractivity contribution in [1.82, 2.24) is 4.90 Å². The summed E-state index contributed by atoms with van der Waals surface area (Å²) >= 11 is 1.27. The quantitative estimate of drug-likeness (QED) is 0.354. The molecule has 3 aromatic rings. The van der Waals surface area contributed by atoms with Crippen LogP contribution in [0.4, 0.5) is 11.4 Å². The lowest BCUT2D eigenvalue weighted by molar-refractivity contribution is -0.385. The summed E-state index contributed by atoms with van der Waals surface area (Å²) in [6.07, 6.45) is 1.57. The number of phenolic OH excluding ortho intramolecular Hbond substituents is 1. The van der Waals surface area contributed by atoms with Gasteiger partial charge < -0.3 is 14.9 Å². The summed E-state index contributed by atoms with van der Waals surface area (Å²) in [6.45, 7) is 3.09. The molecule has 1 fully saturated rings. The molecular formula is C24H20N4O4S. The summed E-state index contributed by atoms with van der Waals surface area (Å²) in [5.74, 6) is -0.768. The van der Waals surface area contributed by atoms with E-state index in [1.54, 1.807) is 6.08 Å². The van der Waals surface area contributed by atoms with Gasteiger partial charge in [0.2, 0.25) is 0 Å². The molecule has 1 saturated heterocycles. The second-order valence-corrected chi connectivity index (χ2v) is 8.80. The number of nitro groups is 1. The number of amides is 1. The van der Waals surface area contributed by atoms with Crippen molar-refractivity contribution in [3.05, 3.63) is 81.2 Å². The minimum Gasteiger partial charge on any atom is -0.502 e. The third-order valence-electron chi connectivity index (χ3n) is 5.76. The summed E-state index contributed by atoms with van der Waals surface area (Å²) in [7, 11) is 0. The number of piperazine rings is 1. The average Bonchev–Trinajstić information content (AvgIpc) is 3.20. The largest absolute Gasteiger partial charge is 0.502 e. The molecule has 0 aromatic heterocycles. The van der Waals surface area contributed by atoms with Crippen molar-refractivity contribution in [3.63, 3.8) is 0 Å². The zero-order valence-corrected chi connectivity index (χ0v) is 18.4. The number of carbonyl (C=O) groups is 1. The van der Waals surface area contributed by atoms with Crippen molar-refractivity contribution < 1.29 is 14.8 Å². The first-order valence-corrected chi connectivity index (χ1v) is 11.3. The van der Waals surface area contributed by atoms with Crippen LogP contribution in [-0.4, -0.2) is 52.2 Å². The van der Waals surface area contributed by atoms with Crippen LogP contribution in [0.3, 0.4) is 0 Å². The first-order chi connectivity index (χ1) is 16.0. The molecule has 0 bridgehead atoms. The fourth-order valence-corrected chi connectivity index (χ4v) is 5.05. The minimum absolute atomic E-state index is 0.359. The highest BCUT2D eigenvalue weighted by atomic mass is 32.2. The van der Waals surface area contributed by atoms with Crippen molar-refractivity contribution in [3.8, 4) is 5.75 Å². The maximum atomic E-state index is 12.5. The zero-order chi connectivity index (χ0) is 22.9. The Morgan fingerprint density at radius 2 is 1.73 bits per heavy atom. The van der Waals surface area contributed by atoms with Gasteiger partial charge in [-0.25, -0.2) is 0 Å². The predicted molar refractivity (Wildman–Crippen MR) is 131 cm³/mol. The zero-order valence-electron chi connectivity index (χ0n) is 17.5. The topological polar surface area (TPSA) is 99.3 Å². The van der Waals surface area contributed by atoms with E-state index in [1.807, 2.05) is 12.1 Å². The number of hydrogen-bond acceptors (Lipinski definition) is 7. The highest BCUT2D eigenvalue weighted by molar-refractivity contribution is 8.18. The van der Waals surface area contributed by atoms with Gasteiger partial charge in [0.1, 0.15) is 0 Å². The molecule has 0 aliphatic carbocycles. The van der Waals surface area contributed by atoms with Crippen molar-refractivity contribution in [1.29, 1.82) is 0 Å². The number of carbonyl (C=O) groups excluding carboxylic acids is 1. The molecule has 2 heterocycles. The van der Waals surface area contributed by atoms with E-state index in [4.69, 9.17) is 0 Å². The molecule has 2 aliphatic heterocycles. The van der Waals surface area contributed by atoms with E-state index < -0.39 is 16.4 Å². The van der Waals surface area contributed by atoms with Crippen molar-refractivity contribution in [2.45, 2.75) is 0 Å². The summed E-state index contributed by atoms with van der Waals surface area (Å²) in [5, 5.41) is 23.8. The van der Waals surface area contributed by atoms with Crippen molar-refractivity contribution >= 4 is 51.1 Å². The Labute approximate surface area is 194 Å². The second-order valence-electron chi connectivity index (χ2n) is 7.79. The summed E-state index contributed by atoms with van der Waals surface area (Å²) in [6, 6.07) is 18.7. The molecule has 9 heteroatoms. The van der Waals surface area contributed by atoms with Gasteiger partial charge in [-0.15, -0.1) is 0 Å². The molecule has 8 nitrogen and oxygen atoms in total. The first-order valence-electron chi connectivity index (χ1n) is 10.5. The number of aromatic hydroxyl groups is 1. The number of anilines is 1. The van der Waals surface area contributed by atoms with E-state index >= 15 is 0 Å². The molecule has 1 amide bonds. The number of phenols is 1. The fourth-order valence-electron chi connectivity index (χ4n) is 4.08. The van der Waals surface area contributed by atoms with Crippen LogP contribution in [0.5, 0.6) is 5.75 Å². The van der Waals surface area contributed by atoms with Gasteiger partial charge in [-0.3, -0.25) is 14.9 Å². The summed E-state index contributed by atoms with van der Waals surface area (Å²) in [4.78, 5) is 31.9. The van der Waals surface area contributed by atoms with E-state index in [1.165, 1.54) is 46.4 Å². The third-order valence-corrected chi connectivity index (χ3v) is 6.81. The van der Waals surface area contributed by atoms with Gasteiger partial charge in [0.05, 0.1) is 9.83 Å². The van der Waals surface area contributed by atoms with Gasteiger partial charge in [0.15, 0.2) is 10.9 Å². The third kappa shape index (κ3) is 4.14. The first kappa shape index (κ1) is 21.0. The van der Waals surface area contributed by atoms with E-state index in [0.29, 0.717) is 15.6 Å². The minimum atomic E-state index is -0.654. The molecular weight excluding hydrogens is 440 g/mol. The number of fused-ring (bicyclic) bond motifs is 1. The number of rotatable bonds is 3. The van der Waals surface area contributed by atoms with E-state index in [2.05, 4.69) is 45.1 Å². The Hall–Kier alpha value is -3.85. The summed E-state index contributed by atoms with van der Waals surface area (Å²) < 4.78 is 0. The average molecular weight is 461 g/mol. The lowest BCUT2D eigenvalue weighted by Gasteiger charge is -2.37. The Morgan fingerprint density at radius 3 is 2.52 bits per heavy atom. The van der Waals surface area contributed by atoms with Gasteiger partial charge >= 0.3 is 5.69 Å². The maximum Gasteiger partial charge on any atom is 0.311 e. The van der Waals surface area contributed by atoms with E-state index in [-0.39, 0.29) is 5.91 Å². The second kappa shape index (κ2) is 8.59. The molecule has 33 heavy (non-hydrogen) atoms. The lowest BCUT2D eigenvalue weighted by atomic mass is 10.1. The molecule has 1 N–H and O–H groups in total. The van der Waals surface area contributed by atoms with Crippen LogP contribution < -0.4 is 4.90 Å². The van der Waals surface area contributed by atoms with E-state index in [0.717, 1.165) is 26.2 Å². The molecule has 0 unspecified atom stereocenters. The van der Waals surface area contributed by atoms with Crippen LogP contribution in [0.2, 0.25) is 0 Å². The van der Waals surface area contributed by atoms with Gasteiger partial charge in [-0.2, -0.15) is 4.99 Å². The smallest absolute Gasteiger partial charge is 0.311 e. The molecule has 0 saturated carbocycles. The SMILES string of the molecule is O=C1N=C(N2CCN(c3cccc4ccccc34)CC2)SC1=Cc1ccc(O)c([N+](=O)[O-])c1. The van der Waals surface area contributed by atoms with Crippen LogP contribution in [-0.2, 0) is 4.79 Å². The monoisotopic (exact) mass is 460 g/mol. The van der Waals surface area contributed by atoms with Crippen LogP contribution in [0.25, 0.3) is 16.8 Å². The number of nitrogens with zero attached hydrogens (tertiary/aromatic N) is 4. The normalized spacial score (nSPS) is 17.6.